The topological polar surface area (TPSA) is 38.3 Å². The number of rotatable bonds is 5. The van der Waals surface area contributed by atoms with Crippen LogP contribution in [0.1, 0.15) is 33.6 Å². The molecule has 1 N–H and O–H groups in total. The van der Waals surface area contributed by atoms with Crippen LogP contribution in [0.5, 0.6) is 0 Å². The minimum Gasteiger partial charge on any atom is -0.450 e. The van der Waals surface area contributed by atoms with E-state index in [0.717, 1.165) is 23.8 Å². The zero-order chi connectivity index (χ0) is 10.5. The summed E-state index contributed by atoms with van der Waals surface area (Å²) in [6, 6.07) is 0. The van der Waals surface area contributed by atoms with Gasteiger partial charge in [-0.15, -0.1) is 0 Å². The molecule has 13 heavy (non-hydrogen) atoms. The third-order valence-corrected chi connectivity index (χ3v) is 1.87. The highest BCUT2D eigenvalue weighted by Crippen LogP contribution is 1.92. The van der Waals surface area contributed by atoms with Crippen LogP contribution in [0.15, 0.2) is 0 Å². The summed E-state index contributed by atoms with van der Waals surface area (Å²) in [6.07, 6.45) is 1.87. The first-order chi connectivity index (χ1) is 6.31. The molecule has 0 saturated carbocycles. The van der Waals surface area contributed by atoms with E-state index in [4.69, 9.17) is 0 Å². The monoisotopic (exact) mass is 301 g/mol. The van der Waals surface area contributed by atoms with Crippen molar-refractivity contribution in [2.75, 3.05) is 17.6 Å². The van der Waals surface area contributed by atoms with E-state index in [1.807, 2.05) is 13.8 Å². The molecule has 0 aliphatic carbocycles. The van der Waals surface area contributed by atoms with Crippen LogP contribution in [-0.4, -0.2) is 23.7 Å². The molecule has 0 aromatic heterocycles. The Morgan fingerprint density at radius 2 is 2.00 bits per heavy atom. The standard InChI is InChI=1S/C7H14INO2.C2H6/c1-2-11-7(10)9-6-4-3-5-8;1-2/h2-6H2,1H3,(H,9,10);1-2H3. The molecular weight excluding hydrogens is 281 g/mol. The Kier molecular flexibility index (Phi) is 17.3. The summed E-state index contributed by atoms with van der Waals surface area (Å²) >= 11 is 2.32. The lowest BCUT2D eigenvalue weighted by Gasteiger charge is -2.03. The molecule has 0 saturated heterocycles. The van der Waals surface area contributed by atoms with Gasteiger partial charge in [0, 0.05) is 6.54 Å². The average molecular weight is 301 g/mol. The van der Waals surface area contributed by atoms with Crippen molar-refractivity contribution in [1.82, 2.24) is 5.32 Å². The zero-order valence-corrected chi connectivity index (χ0v) is 10.9. The van der Waals surface area contributed by atoms with E-state index < -0.39 is 0 Å². The van der Waals surface area contributed by atoms with Crippen molar-refractivity contribution in [3.05, 3.63) is 0 Å². The molecule has 0 aromatic carbocycles. The number of halogens is 1. The van der Waals surface area contributed by atoms with Gasteiger partial charge in [0.15, 0.2) is 0 Å². The number of carbonyl (C=O) groups is 1. The van der Waals surface area contributed by atoms with Gasteiger partial charge in [-0.25, -0.2) is 4.79 Å². The van der Waals surface area contributed by atoms with Gasteiger partial charge in [0.05, 0.1) is 6.61 Å². The molecular formula is C9H20INO2. The number of carbonyl (C=O) groups excluding carboxylic acids is 1. The summed E-state index contributed by atoms with van der Waals surface area (Å²) in [4.78, 5) is 10.7. The Morgan fingerprint density at radius 3 is 2.46 bits per heavy atom. The smallest absolute Gasteiger partial charge is 0.407 e. The molecule has 0 fully saturated rings. The van der Waals surface area contributed by atoms with E-state index in [2.05, 4.69) is 32.6 Å². The van der Waals surface area contributed by atoms with Crippen molar-refractivity contribution >= 4 is 28.7 Å². The number of amides is 1. The molecule has 4 heteroatoms. The third kappa shape index (κ3) is 14.8. The fraction of sp³-hybridized carbons (Fsp3) is 0.889. The van der Waals surface area contributed by atoms with Crippen molar-refractivity contribution in [3.8, 4) is 0 Å². The predicted octanol–water partition coefficient (Wildman–Crippen LogP) is 2.97. The Morgan fingerprint density at radius 1 is 1.38 bits per heavy atom. The lowest BCUT2D eigenvalue weighted by atomic mass is 10.3. The second-order valence-corrected chi connectivity index (χ2v) is 3.12. The molecule has 0 bridgehead atoms. The highest BCUT2D eigenvalue weighted by molar-refractivity contribution is 14.1. The molecule has 0 unspecified atom stereocenters. The predicted molar refractivity (Wildman–Crippen MR) is 64.5 cm³/mol. The first kappa shape index (κ1) is 15.5. The molecule has 0 spiro atoms. The Labute approximate surface area is 94.8 Å². The number of alkyl halides is 1. The lowest BCUT2D eigenvalue weighted by Crippen LogP contribution is -2.25. The normalized spacial score (nSPS) is 8.31. The van der Waals surface area contributed by atoms with Crippen LogP contribution in [-0.2, 0) is 4.74 Å². The fourth-order valence-electron chi connectivity index (χ4n) is 0.592. The third-order valence-electron chi connectivity index (χ3n) is 1.11. The Hall–Kier alpha value is 0. The molecule has 80 valence electrons. The van der Waals surface area contributed by atoms with Gasteiger partial charge < -0.3 is 10.1 Å². The van der Waals surface area contributed by atoms with Crippen LogP contribution in [0.3, 0.4) is 0 Å². The Balaban J connectivity index is 0. The summed E-state index contributed by atoms with van der Waals surface area (Å²) in [6.45, 7) is 6.96. The highest BCUT2D eigenvalue weighted by atomic mass is 127. The van der Waals surface area contributed by atoms with Crippen LogP contribution < -0.4 is 5.32 Å². The molecule has 0 aliphatic heterocycles. The van der Waals surface area contributed by atoms with Gasteiger partial charge in [0.25, 0.3) is 0 Å². The van der Waals surface area contributed by atoms with Crippen LogP contribution >= 0.6 is 22.6 Å². The lowest BCUT2D eigenvalue weighted by molar-refractivity contribution is 0.152. The van der Waals surface area contributed by atoms with Gasteiger partial charge in [-0.05, 0) is 24.2 Å². The van der Waals surface area contributed by atoms with E-state index in [1.54, 1.807) is 6.92 Å². The molecule has 0 aliphatic rings. The molecule has 0 heterocycles. The van der Waals surface area contributed by atoms with Crippen molar-refractivity contribution in [1.29, 1.82) is 0 Å². The minimum atomic E-state index is -0.305. The molecule has 0 atom stereocenters. The number of unbranched alkanes of at least 4 members (excludes halogenated alkanes) is 1. The van der Waals surface area contributed by atoms with E-state index in [0.29, 0.717) is 6.61 Å². The number of hydrogen-bond donors (Lipinski definition) is 1. The SMILES string of the molecule is CC.CCOC(=O)NCCCCI. The summed E-state index contributed by atoms with van der Waals surface area (Å²) in [5.74, 6) is 0. The quantitative estimate of drug-likeness (QED) is 0.481. The van der Waals surface area contributed by atoms with Crippen molar-refractivity contribution < 1.29 is 9.53 Å². The van der Waals surface area contributed by atoms with E-state index in [-0.39, 0.29) is 6.09 Å². The summed E-state index contributed by atoms with van der Waals surface area (Å²) in [7, 11) is 0. The minimum absolute atomic E-state index is 0.305. The zero-order valence-electron chi connectivity index (χ0n) is 8.73. The van der Waals surface area contributed by atoms with E-state index >= 15 is 0 Å². The summed E-state index contributed by atoms with van der Waals surface area (Å²) in [5, 5.41) is 2.65. The van der Waals surface area contributed by atoms with Gasteiger partial charge in [-0.1, -0.05) is 36.4 Å². The fourth-order valence-corrected chi connectivity index (χ4v) is 1.13. The molecule has 1 amide bonds. The number of hydrogen-bond acceptors (Lipinski definition) is 2. The maximum Gasteiger partial charge on any atom is 0.407 e. The second-order valence-electron chi connectivity index (χ2n) is 2.04. The van der Waals surface area contributed by atoms with Crippen molar-refractivity contribution in [3.63, 3.8) is 0 Å². The molecule has 0 rings (SSSR count). The second kappa shape index (κ2) is 14.5. The number of nitrogens with one attached hydrogen (secondary N) is 1. The van der Waals surface area contributed by atoms with Gasteiger partial charge >= 0.3 is 6.09 Å². The largest absolute Gasteiger partial charge is 0.450 e. The Bertz CT molecular complexity index is 110. The number of ether oxygens (including phenoxy) is 1. The van der Waals surface area contributed by atoms with Crippen LogP contribution in [0, 0.1) is 0 Å². The van der Waals surface area contributed by atoms with Crippen LogP contribution in [0.2, 0.25) is 0 Å². The molecule has 0 aromatic rings. The van der Waals surface area contributed by atoms with Gasteiger partial charge in [0.1, 0.15) is 0 Å². The van der Waals surface area contributed by atoms with Gasteiger partial charge in [0.2, 0.25) is 0 Å². The average Bonchev–Trinajstić information content (AvgIpc) is 2.16. The maximum atomic E-state index is 10.7. The highest BCUT2D eigenvalue weighted by Gasteiger charge is 1.96. The number of alkyl carbamates (subject to hydrolysis) is 1. The van der Waals surface area contributed by atoms with Gasteiger partial charge in [-0.3, -0.25) is 0 Å². The van der Waals surface area contributed by atoms with Crippen molar-refractivity contribution in [2.24, 2.45) is 0 Å². The summed E-state index contributed by atoms with van der Waals surface area (Å²) in [5.41, 5.74) is 0. The molecule has 0 radical (unpaired) electrons. The molecule has 3 nitrogen and oxygen atoms in total. The first-order valence-corrected chi connectivity index (χ1v) is 6.30. The van der Waals surface area contributed by atoms with E-state index in [1.165, 1.54) is 0 Å². The van der Waals surface area contributed by atoms with Crippen molar-refractivity contribution in [2.45, 2.75) is 33.6 Å². The summed E-state index contributed by atoms with van der Waals surface area (Å²) < 4.78 is 5.81. The van der Waals surface area contributed by atoms with Gasteiger partial charge in [-0.2, -0.15) is 0 Å². The maximum absolute atomic E-state index is 10.7. The van der Waals surface area contributed by atoms with Crippen LogP contribution in [0.4, 0.5) is 4.79 Å². The van der Waals surface area contributed by atoms with E-state index in [9.17, 15) is 4.79 Å². The first-order valence-electron chi connectivity index (χ1n) is 4.77. The van der Waals surface area contributed by atoms with Crippen LogP contribution in [0.25, 0.3) is 0 Å².